The molecule has 30 heavy (non-hydrogen) atoms. The van der Waals surface area contributed by atoms with Gasteiger partial charge in [0.2, 0.25) is 10.0 Å². The van der Waals surface area contributed by atoms with Crippen LogP contribution in [-0.2, 0) is 33.6 Å². The highest BCUT2D eigenvalue weighted by Gasteiger charge is 2.25. The average molecular weight is 435 g/mol. The van der Waals surface area contributed by atoms with E-state index >= 15 is 0 Å². The van der Waals surface area contributed by atoms with Gasteiger partial charge in [-0.3, -0.25) is 4.99 Å². The Balaban J connectivity index is 1.61. The summed E-state index contributed by atoms with van der Waals surface area (Å²) in [6, 6.07) is 13.8. The Morgan fingerprint density at radius 3 is 2.47 bits per heavy atom. The zero-order valence-corrected chi connectivity index (χ0v) is 17.8. The predicted octanol–water partition coefficient (Wildman–Crippen LogP) is 1.85. The molecule has 0 amide bonds. The number of morpholine rings is 1. The molecule has 1 fully saturated rings. The normalized spacial score (nSPS) is 15.7. The van der Waals surface area contributed by atoms with E-state index in [-0.39, 0.29) is 11.6 Å². The maximum atomic E-state index is 13.3. The van der Waals surface area contributed by atoms with Crippen molar-refractivity contribution in [2.24, 2.45) is 4.99 Å². The lowest BCUT2D eigenvalue weighted by Gasteiger charge is -2.26. The number of aliphatic imine (C=N–C) groups is 1. The van der Waals surface area contributed by atoms with Crippen LogP contribution in [0.15, 0.2) is 53.5 Å². The van der Waals surface area contributed by atoms with Crippen LogP contribution >= 0.6 is 0 Å². The van der Waals surface area contributed by atoms with Crippen LogP contribution in [0.5, 0.6) is 0 Å². The lowest BCUT2D eigenvalue weighted by molar-refractivity contribution is 0.0729. The largest absolute Gasteiger partial charge is 0.379 e. The maximum absolute atomic E-state index is 13.3. The summed E-state index contributed by atoms with van der Waals surface area (Å²) in [7, 11) is -1.76. The molecule has 1 heterocycles. The van der Waals surface area contributed by atoms with Crippen LogP contribution in [0.3, 0.4) is 0 Å². The van der Waals surface area contributed by atoms with Crippen LogP contribution in [0, 0.1) is 5.82 Å². The summed E-state index contributed by atoms with van der Waals surface area (Å²) in [5, 5.41) is 6.33. The zero-order valence-electron chi connectivity index (χ0n) is 17.0. The molecular weight excluding hydrogens is 407 g/mol. The minimum Gasteiger partial charge on any atom is -0.379 e. The third-order valence-electron chi connectivity index (χ3n) is 4.84. The van der Waals surface area contributed by atoms with E-state index in [0.717, 1.165) is 16.7 Å². The van der Waals surface area contributed by atoms with Crippen LogP contribution < -0.4 is 10.6 Å². The summed E-state index contributed by atoms with van der Waals surface area (Å²) in [6.45, 7) is 2.46. The Hall–Kier alpha value is -2.49. The number of guanidine groups is 1. The Labute approximate surface area is 177 Å². The number of nitrogens with one attached hydrogen (secondary N) is 2. The van der Waals surface area contributed by atoms with Crippen LogP contribution in [-0.4, -0.2) is 52.0 Å². The number of hydrogen-bond donors (Lipinski definition) is 2. The molecule has 0 atom stereocenters. The molecule has 162 valence electrons. The van der Waals surface area contributed by atoms with E-state index in [1.54, 1.807) is 13.1 Å². The molecule has 9 heteroatoms. The Morgan fingerprint density at radius 1 is 1.07 bits per heavy atom. The minimum atomic E-state index is -3.41. The quantitative estimate of drug-likeness (QED) is 0.513. The fourth-order valence-electron chi connectivity index (χ4n) is 3.22. The first-order chi connectivity index (χ1) is 14.5. The molecule has 0 unspecified atom stereocenters. The molecule has 2 N–H and O–H groups in total. The second kappa shape index (κ2) is 10.5. The van der Waals surface area contributed by atoms with Gasteiger partial charge in [-0.2, -0.15) is 4.31 Å². The number of sulfonamides is 1. The number of hydrogen-bond acceptors (Lipinski definition) is 4. The van der Waals surface area contributed by atoms with Crippen LogP contribution in [0.25, 0.3) is 0 Å². The predicted molar refractivity (Wildman–Crippen MR) is 115 cm³/mol. The highest BCUT2D eigenvalue weighted by molar-refractivity contribution is 7.88. The minimum absolute atomic E-state index is 0.0554. The van der Waals surface area contributed by atoms with Gasteiger partial charge in [-0.1, -0.05) is 36.4 Å². The summed E-state index contributed by atoms with van der Waals surface area (Å²) >= 11 is 0. The lowest BCUT2D eigenvalue weighted by Crippen LogP contribution is -2.41. The van der Waals surface area contributed by atoms with Crippen molar-refractivity contribution >= 4 is 16.0 Å². The van der Waals surface area contributed by atoms with Crippen LogP contribution in [0.2, 0.25) is 0 Å². The van der Waals surface area contributed by atoms with E-state index in [9.17, 15) is 12.8 Å². The average Bonchev–Trinajstić information content (AvgIpc) is 2.75. The fourth-order valence-corrected chi connectivity index (χ4v) is 4.78. The van der Waals surface area contributed by atoms with Gasteiger partial charge in [0.25, 0.3) is 0 Å². The molecule has 2 aromatic carbocycles. The first-order valence-electron chi connectivity index (χ1n) is 9.79. The SMILES string of the molecule is CN=C(NCc1cccc(F)c1)NCc1ccccc1CS(=O)(=O)N1CCOCC1. The van der Waals surface area contributed by atoms with Crippen molar-refractivity contribution < 1.29 is 17.5 Å². The third-order valence-corrected chi connectivity index (χ3v) is 6.67. The van der Waals surface area contributed by atoms with E-state index in [0.29, 0.717) is 45.4 Å². The van der Waals surface area contributed by atoms with E-state index in [1.807, 2.05) is 30.3 Å². The molecule has 0 saturated carbocycles. The topological polar surface area (TPSA) is 83.0 Å². The molecule has 0 aromatic heterocycles. The summed E-state index contributed by atoms with van der Waals surface area (Å²) < 4.78 is 45.6. The maximum Gasteiger partial charge on any atom is 0.218 e. The van der Waals surface area contributed by atoms with Crippen LogP contribution in [0.1, 0.15) is 16.7 Å². The van der Waals surface area contributed by atoms with Crippen molar-refractivity contribution in [2.45, 2.75) is 18.8 Å². The summed E-state index contributed by atoms with van der Waals surface area (Å²) in [6.07, 6.45) is 0. The van der Waals surface area contributed by atoms with Crippen molar-refractivity contribution in [3.63, 3.8) is 0 Å². The zero-order chi connectivity index (χ0) is 21.4. The molecule has 0 radical (unpaired) electrons. The molecule has 7 nitrogen and oxygen atoms in total. The number of halogens is 1. The highest BCUT2D eigenvalue weighted by Crippen LogP contribution is 2.16. The molecule has 0 aliphatic carbocycles. The molecular formula is C21H27FN4O3S. The van der Waals surface area contributed by atoms with Crippen molar-refractivity contribution in [3.05, 3.63) is 71.0 Å². The van der Waals surface area contributed by atoms with E-state index < -0.39 is 10.0 Å². The third kappa shape index (κ3) is 6.25. The van der Waals surface area contributed by atoms with Crippen molar-refractivity contribution in [2.75, 3.05) is 33.4 Å². The Bertz CT molecular complexity index is 976. The molecule has 1 aliphatic heterocycles. The van der Waals surface area contributed by atoms with Gasteiger partial charge in [0.1, 0.15) is 5.82 Å². The highest BCUT2D eigenvalue weighted by atomic mass is 32.2. The number of ether oxygens (including phenoxy) is 1. The van der Waals surface area contributed by atoms with Crippen LogP contribution in [0.4, 0.5) is 4.39 Å². The molecule has 2 aromatic rings. The fraction of sp³-hybridized carbons (Fsp3) is 0.381. The summed E-state index contributed by atoms with van der Waals surface area (Å²) in [5.41, 5.74) is 2.43. The second-order valence-electron chi connectivity index (χ2n) is 6.95. The monoisotopic (exact) mass is 434 g/mol. The first kappa shape index (κ1) is 22.2. The van der Waals surface area contributed by atoms with Gasteiger partial charge in [-0.15, -0.1) is 0 Å². The number of benzene rings is 2. The van der Waals surface area contributed by atoms with Crippen molar-refractivity contribution in [3.8, 4) is 0 Å². The van der Waals surface area contributed by atoms with Gasteiger partial charge in [-0.25, -0.2) is 12.8 Å². The van der Waals surface area contributed by atoms with Gasteiger partial charge in [0.15, 0.2) is 5.96 Å². The second-order valence-corrected chi connectivity index (χ2v) is 8.91. The number of rotatable bonds is 7. The first-order valence-corrected chi connectivity index (χ1v) is 11.4. The van der Waals surface area contributed by atoms with Crippen molar-refractivity contribution in [1.82, 2.24) is 14.9 Å². The van der Waals surface area contributed by atoms with E-state index in [2.05, 4.69) is 15.6 Å². The molecule has 3 rings (SSSR count). The van der Waals surface area contributed by atoms with Gasteiger partial charge >= 0.3 is 0 Å². The Kier molecular flexibility index (Phi) is 7.78. The summed E-state index contributed by atoms with van der Waals surface area (Å²) in [5.74, 6) is 0.206. The molecule has 1 aliphatic rings. The van der Waals surface area contributed by atoms with E-state index in [1.165, 1.54) is 16.4 Å². The lowest BCUT2D eigenvalue weighted by atomic mass is 10.1. The smallest absolute Gasteiger partial charge is 0.218 e. The van der Waals surface area contributed by atoms with Gasteiger partial charge in [0, 0.05) is 33.2 Å². The van der Waals surface area contributed by atoms with E-state index in [4.69, 9.17) is 4.74 Å². The molecule has 0 spiro atoms. The van der Waals surface area contributed by atoms with Crippen molar-refractivity contribution in [1.29, 1.82) is 0 Å². The number of nitrogens with zero attached hydrogens (tertiary/aromatic N) is 2. The standard InChI is InChI=1S/C21H27FN4O3S/c1-23-21(24-14-17-5-4-8-20(22)13-17)25-15-18-6-2-3-7-19(18)16-30(27,28)26-9-11-29-12-10-26/h2-8,13H,9-12,14-16H2,1H3,(H2,23,24,25). The summed E-state index contributed by atoms with van der Waals surface area (Å²) in [4.78, 5) is 4.18. The molecule has 1 saturated heterocycles. The van der Waals surface area contributed by atoms with Gasteiger partial charge in [0.05, 0.1) is 19.0 Å². The Morgan fingerprint density at radius 2 is 1.77 bits per heavy atom. The molecule has 0 bridgehead atoms. The van der Waals surface area contributed by atoms with Gasteiger partial charge < -0.3 is 15.4 Å². The van der Waals surface area contributed by atoms with Gasteiger partial charge in [-0.05, 0) is 28.8 Å².